The van der Waals surface area contributed by atoms with Crippen LogP contribution in [0.15, 0.2) is 74.1 Å². The van der Waals surface area contributed by atoms with Gasteiger partial charge in [0.2, 0.25) is 0 Å². The number of carbonyl (C=O) groups excluding carboxylic acids is 1. The van der Waals surface area contributed by atoms with Crippen molar-refractivity contribution in [2.75, 3.05) is 13.2 Å². The van der Waals surface area contributed by atoms with Crippen LogP contribution in [0, 0.1) is 0 Å². The van der Waals surface area contributed by atoms with E-state index in [2.05, 4.69) is 20.9 Å². The molecule has 0 amide bonds. The Bertz CT molecular complexity index is 1500. The predicted molar refractivity (Wildman–Crippen MR) is 134 cm³/mol. The number of halogens is 1. The van der Waals surface area contributed by atoms with Crippen LogP contribution in [0.2, 0.25) is 0 Å². The smallest absolute Gasteiger partial charge is 0.341 e. The van der Waals surface area contributed by atoms with Gasteiger partial charge in [-0.15, -0.1) is 0 Å². The van der Waals surface area contributed by atoms with E-state index in [9.17, 15) is 14.4 Å². The molecule has 2 heterocycles. The SMILES string of the molecule is CCOC(=O)C1=C(C)N=c2s/c(=C\c3ccc(OCC(=O)O)cc3)c(=O)n2[C@@H]1c1cccc(Br)c1. The molecule has 3 aromatic rings. The number of ether oxygens (including phenoxy) is 2. The van der Waals surface area contributed by atoms with E-state index >= 15 is 0 Å². The van der Waals surface area contributed by atoms with Gasteiger partial charge in [-0.05, 0) is 55.3 Å². The minimum atomic E-state index is -1.06. The molecule has 2 aromatic carbocycles. The average molecular weight is 557 g/mol. The van der Waals surface area contributed by atoms with Crippen LogP contribution in [-0.2, 0) is 14.3 Å². The van der Waals surface area contributed by atoms with Gasteiger partial charge in [0.25, 0.3) is 5.56 Å². The van der Waals surface area contributed by atoms with Crippen molar-refractivity contribution in [3.8, 4) is 5.75 Å². The zero-order chi connectivity index (χ0) is 25.1. The number of carboxylic acids is 1. The number of hydrogen-bond donors (Lipinski definition) is 1. The molecule has 0 fully saturated rings. The van der Waals surface area contributed by atoms with Gasteiger partial charge in [0, 0.05) is 4.47 Å². The molecule has 1 N–H and O–H groups in total. The van der Waals surface area contributed by atoms with Crippen molar-refractivity contribution in [3.05, 3.63) is 95.1 Å². The number of allylic oxidation sites excluding steroid dienone is 1. The maximum Gasteiger partial charge on any atom is 0.341 e. The lowest BCUT2D eigenvalue weighted by molar-refractivity contribution is -0.140. The second-order valence-electron chi connectivity index (χ2n) is 7.61. The Morgan fingerprint density at radius 1 is 1.23 bits per heavy atom. The van der Waals surface area contributed by atoms with Crippen LogP contribution in [0.25, 0.3) is 6.08 Å². The number of aliphatic carboxylic acids is 1. The molecule has 8 nitrogen and oxygen atoms in total. The second kappa shape index (κ2) is 10.4. The van der Waals surface area contributed by atoms with Gasteiger partial charge in [-0.2, -0.15) is 0 Å². The van der Waals surface area contributed by atoms with Crippen LogP contribution < -0.4 is 19.6 Å². The molecular weight excluding hydrogens is 536 g/mol. The maximum atomic E-state index is 13.6. The molecule has 0 unspecified atom stereocenters. The summed E-state index contributed by atoms with van der Waals surface area (Å²) in [5, 5.41) is 8.74. The number of aromatic nitrogens is 1. The molecule has 0 spiro atoms. The van der Waals surface area contributed by atoms with Gasteiger partial charge in [0.05, 0.1) is 28.5 Å². The monoisotopic (exact) mass is 556 g/mol. The molecule has 0 saturated carbocycles. The summed E-state index contributed by atoms with van der Waals surface area (Å²) in [5.74, 6) is -1.16. The lowest BCUT2D eigenvalue weighted by Crippen LogP contribution is -2.39. The van der Waals surface area contributed by atoms with E-state index < -0.39 is 24.6 Å². The molecule has 0 aliphatic carbocycles. The molecule has 1 atom stereocenters. The molecule has 1 aliphatic heterocycles. The van der Waals surface area contributed by atoms with Crippen molar-refractivity contribution in [2.24, 2.45) is 4.99 Å². The van der Waals surface area contributed by atoms with Crippen LogP contribution in [0.1, 0.15) is 31.0 Å². The summed E-state index contributed by atoms with van der Waals surface area (Å²) >= 11 is 4.70. The Labute approximate surface area is 212 Å². The summed E-state index contributed by atoms with van der Waals surface area (Å²) in [6, 6.07) is 13.5. The number of carboxylic acid groups (broad SMARTS) is 1. The Morgan fingerprint density at radius 2 is 1.97 bits per heavy atom. The van der Waals surface area contributed by atoms with Crippen molar-refractivity contribution in [1.82, 2.24) is 4.57 Å². The fourth-order valence-corrected chi connectivity index (χ4v) is 5.20. The van der Waals surface area contributed by atoms with E-state index in [0.29, 0.717) is 26.4 Å². The van der Waals surface area contributed by atoms with Gasteiger partial charge in [0.15, 0.2) is 11.4 Å². The Kier molecular flexibility index (Phi) is 7.32. The number of fused-ring (bicyclic) bond motifs is 1. The zero-order valence-corrected chi connectivity index (χ0v) is 21.3. The van der Waals surface area contributed by atoms with Gasteiger partial charge < -0.3 is 14.6 Å². The average Bonchev–Trinajstić information content (AvgIpc) is 3.12. The van der Waals surface area contributed by atoms with E-state index in [-0.39, 0.29) is 12.2 Å². The largest absolute Gasteiger partial charge is 0.482 e. The molecular formula is C25H21BrN2O6S. The van der Waals surface area contributed by atoms with E-state index in [1.807, 2.05) is 24.3 Å². The Balaban J connectivity index is 1.82. The van der Waals surface area contributed by atoms with Crippen molar-refractivity contribution < 1.29 is 24.2 Å². The van der Waals surface area contributed by atoms with Crippen molar-refractivity contribution in [1.29, 1.82) is 0 Å². The highest BCUT2D eigenvalue weighted by molar-refractivity contribution is 9.10. The Morgan fingerprint density at radius 3 is 2.63 bits per heavy atom. The lowest BCUT2D eigenvalue weighted by atomic mass is 9.96. The zero-order valence-electron chi connectivity index (χ0n) is 18.9. The van der Waals surface area contributed by atoms with Gasteiger partial charge in [-0.1, -0.05) is 51.5 Å². The van der Waals surface area contributed by atoms with E-state index in [4.69, 9.17) is 14.6 Å². The quantitative estimate of drug-likeness (QED) is 0.448. The Hall–Kier alpha value is -3.50. The van der Waals surface area contributed by atoms with E-state index in [0.717, 1.165) is 15.6 Å². The van der Waals surface area contributed by atoms with Crippen molar-refractivity contribution in [3.63, 3.8) is 0 Å². The van der Waals surface area contributed by atoms with Crippen LogP contribution in [0.3, 0.4) is 0 Å². The number of carbonyl (C=O) groups is 2. The molecule has 0 radical (unpaired) electrons. The number of esters is 1. The first-order valence-corrected chi connectivity index (χ1v) is 12.3. The lowest BCUT2D eigenvalue weighted by Gasteiger charge is -2.24. The number of thiazole rings is 1. The number of benzene rings is 2. The number of nitrogens with zero attached hydrogens (tertiary/aromatic N) is 2. The first-order chi connectivity index (χ1) is 16.8. The van der Waals surface area contributed by atoms with Crippen molar-refractivity contribution >= 4 is 45.3 Å². The second-order valence-corrected chi connectivity index (χ2v) is 9.53. The summed E-state index contributed by atoms with van der Waals surface area (Å²) in [5.41, 5.74) is 2.03. The third-order valence-corrected chi connectivity index (χ3v) is 6.70. The fraction of sp³-hybridized carbons (Fsp3) is 0.200. The number of rotatable bonds is 7. The third kappa shape index (κ3) is 5.28. The molecule has 1 aromatic heterocycles. The van der Waals surface area contributed by atoms with Crippen LogP contribution >= 0.6 is 27.3 Å². The fourth-order valence-electron chi connectivity index (χ4n) is 3.74. The van der Waals surface area contributed by atoms with Crippen LogP contribution in [0.4, 0.5) is 0 Å². The third-order valence-electron chi connectivity index (χ3n) is 5.22. The van der Waals surface area contributed by atoms with E-state index in [1.165, 1.54) is 15.9 Å². The minimum Gasteiger partial charge on any atom is -0.482 e. The summed E-state index contributed by atoms with van der Waals surface area (Å²) in [4.78, 5) is 42.2. The molecule has 180 valence electrons. The van der Waals surface area contributed by atoms with Crippen LogP contribution in [-0.4, -0.2) is 34.8 Å². The highest BCUT2D eigenvalue weighted by Gasteiger charge is 2.33. The summed E-state index contributed by atoms with van der Waals surface area (Å²) < 4.78 is 13.3. The van der Waals surface area contributed by atoms with Crippen molar-refractivity contribution in [2.45, 2.75) is 19.9 Å². The molecule has 4 rings (SSSR count). The van der Waals surface area contributed by atoms with Gasteiger partial charge in [-0.25, -0.2) is 14.6 Å². The molecule has 1 aliphatic rings. The van der Waals surface area contributed by atoms with Gasteiger partial charge in [0.1, 0.15) is 5.75 Å². The minimum absolute atomic E-state index is 0.206. The summed E-state index contributed by atoms with van der Waals surface area (Å²) in [7, 11) is 0. The molecule has 35 heavy (non-hydrogen) atoms. The van der Waals surface area contributed by atoms with Crippen LogP contribution in [0.5, 0.6) is 5.75 Å². The molecule has 0 bridgehead atoms. The highest BCUT2D eigenvalue weighted by atomic mass is 79.9. The summed E-state index contributed by atoms with van der Waals surface area (Å²) in [6.07, 6.45) is 1.73. The molecule has 10 heteroatoms. The van der Waals surface area contributed by atoms with Gasteiger partial charge in [-0.3, -0.25) is 9.36 Å². The molecule has 0 saturated heterocycles. The summed E-state index contributed by atoms with van der Waals surface area (Å²) in [6.45, 7) is 3.24. The first kappa shape index (κ1) is 24.6. The highest BCUT2D eigenvalue weighted by Crippen LogP contribution is 2.31. The maximum absolute atomic E-state index is 13.6. The van der Waals surface area contributed by atoms with E-state index in [1.54, 1.807) is 44.2 Å². The number of hydrogen-bond acceptors (Lipinski definition) is 7. The normalized spacial score (nSPS) is 15.4. The standard InChI is InChI=1S/C25H21BrN2O6S/c1-3-33-24(32)21-14(2)27-25-28(22(21)16-5-4-6-17(26)12-16)23(31)19(35-25)11-15-7-9-18(10-8-15)34-13-20(29)30/h4-12,22H,3,13H2,1-2H3,(H,29,30)/b19-11-/t22-/m1/s1. The first-order valence-electron chi connectivity index (χ1n) is 10.7. The predicted octanol–water partition coefficient (Wildman–Crippen LogP) is 3.02. The topological polar surface area (TPSA) is 107 Å². The van der Waals surface area contributed by atoms with Gasteiger partial charge >= 0.3 is 11.9 Å².